The zero-order valence-corrected chi connectivity index (χ0v) is 21.2. The van der Waals surface area contributed by atoms with Crippen LogP contribution < -0.4 is 5.56 Å². The van der Waals surface area contributed by atoms with Crippen molar-refractivity contribution in [2.75, 3.05) is 20.3 Å². The van der Waals surface area contributed by atoms with E-state index in [0.717, 1.165) is 22.0 Å². The molecule has 0 bridgehead atoms. The summed E-state index contributed by atoms with van der Waals surface area (Å²) in [5.41, 5.74) is 2.76. The molecule has 6 heteroatoms. The number of carbonyl (C=O) groups excluding carboxylic acids is 1. The number of ether oxygens (including phenoxy) is 1. The molecule has 0 aliphatic heterocycles. The second-order valence-corrected chi connectivity index (χ2v) is 9.20. The number of benzene rings is 4. The second kappa shape index (κ2) is 10.4. The van der Waals surface area contributed by atoms with E-state index in [1.54, 1.807) is 22.6 Å². The highest BCUT2D eigenvalue weighted by atomic mass is 16.5. The van der Waals surface area contributed by atoms with Crippen molar-refractivity contribution in [1.82, 2.24) is 14.5 Å². The number of amides is 1. The van der Waals surface area contributed by atoms with E-state index in [4.69, 9.17) is 9.72 Å². The van der Waals surface area contributed by atoms with Gasteiger partial charge in [-0.1, -0.05) is 54.6 Å². The van der Waals surface area contributed by atoms with Crippen molar-refractivity contribution in [3.05, 3.63) is 118 Å². The summed E-state index contributed by atoms with van der Waals surface area (Å²) in [6.45, 7) is 4.60. The first-order valence-corrected chi connectivity index (χ1v) is 12.4. The average molecular weight is 492 g/mol. The van der Waals surface area contributed by atoms with Crippen molar-refractivity contribution in [2.45, 2.75) is 19.9 Å². The van der Waals surface area contributed by atoms with E-state index >= 15 is 0 Å². The summed E-state index contributed by atoms with van der Waals surface area (Å²) >= 11 is 0. The van der Waals surface area contributed by atoms with E-state index < -0.39 is 6.04 Å². The molecule has 1 atom stereocenters. The Labute approximate surface area is 215 Å². The van der Waals surface area contributed by atoms with Gasteiger partial charge in [-0.2, -0.15) is 0 Å². The quantitative estimate of drug-likeness (QED) is 0.293. The molecule has 0 aliphatic rings. The summed E-state index contributed by atoms with van der Waals surface area (Å²) in [5, 5.41) is 2.59. The normalized spacial score (nSPS) is 12.1. The molecular formula is C31H29N3O3. The van der Waals surface area contributed by atoms with Crippen molar-refractivity contribution in [1.29, 1.82) is 0 Å². The van der Waals surface area contributed by atoms with Crippen LogP contribution >= 0.6 is 0 Å². The van der Waals surface area contributed by atoms with Crippen LogP contribution in [0, 0.1) is 6.92 Å². The summed E-state index contributed by atoms with van der Waals surface area (Å²) < 4.78 is 6.99. The lowest BCUT2D eigenvalue weighted by Gasteiger charge is -2.30. The number of hydrogen-bond acceptors (Lipinski definition) is 4. The lowest BCUT2D eigenvalue weighted by atomic mass is 10.1. The topological polar surface area (TPSA) is 64.4 Å². The standard InChI is InChI=1S/C31H29N3O3/c1-21-9-8-12-26(19-21)34-29(32-28-14-7-6-13-27(28)31(34)36)22(2)33(17-18-37-3)30(35)25-16-15-23-10-4-5-11-24(23)20-25/h4-16,19-20,22H,17-18H2,1-3H3. The average Bonchev–Trinajstić information content (AvgIpc) is 2.92. The van der Waals surface area contributed by atoms with Crippen molar-refractivity contribution in [2.24, 2.45) is 0 Å². The molecular weight excluding hydrogens is 462 g/mol. The third kappa shape index (κ3) is 4.76. The summed E-state index contributed by atoms with van der Waals surface area (Å²) in [6.07, 6.45) is 0. The van der Waals surface area contributed by atoms with E-state index in [0.29, 0.717) is 35.4 Å². The number of fused-ring (bicyclic) bond motifs is 2. The first-order chi connectivity index (χ1) is 18.0. The Morgan fingerprint density at radius 2 is 1.70 bits per heavy atom. The zero-order valence-electron chi connectivity index (χ0n) is 21.2. The van der Waals surface area contributed by atoms with Crippen LogP contribution in [0.4, 0.5) is 0 Å². The maximum atomic E-state index is 13.9. The van der Waals surface area contributed by atoms with Gasteiger partial charge < -0.3 is 9.64 Å². The fourth-order valence-electron chi connectivity index (χ4n) is 4.73. The van der Waals surface area contributed by atoms with Gasteiger partial charge in [-0.25, -0.2) is 4.98 Å². The summed E-state index contributed by atoms with van der Waals surface area (Å²) in [7, 11) is 1.61. The molecule has 0 saturated carbocycles. The monoisotopic (exact) mass is 491 g/mol. The van der Waals surface area contributed by atoms with Gasteiger partial charge in [0, 0.05) is 19.2 Å². The smallest absolute Gasteiger partial charge is 0.266 e. The molecule has 0 spiro atoms. The fraction of sp³-hybridized carbons (Fsp3) is 0.194. The van der Waals surface area contributed by atoms with Gasteiger partial charge in [0.1, 0.15) is 5.82 Å². The van der Waals surface area contributed by atoms with Gasteiger partial charge in [-0.05, 0) is 66.6 Å². The van der Waals surface area contributed by atoms with Crippen LogP contribution in [0.3, 0.4) is 0 Å². The minimum Gasteiger partial charge on any atom is -0.383 e. The number of hydrogen-bond donors (Lipinski definition) is 0. The minimum atomic E-state index is -0.507. The Balaban J connectivity index is 1.66. The van der Waals surface area contributed by atoms with Gasteiger partial charge in [0.25, 0.3) is 11.5 Å². The van der Waals surface area contributed by atoms with Crippen LogP contribution in [-0.4, -0.2) is 40.6 Å². The van der Waals surface area contributed by atoms with Gasteiger partial charge in [0.05, 0.1) is 29.2 Å². The van der Waals surface area contributed by atoms with E-state index in [1.807, 2.05) is 98.8 Å². The zero-order chi connectivity index (χ0) is 25.9. The minimum absolute atomic E-state index is 0.145. The van der Waals surface area contributed by atoms with Gasteiger partial charge in [-0.3, -0.25) is 14.2 Å². The first kappa shape index (κ1) is 24.4. The van der Waals surface area contributed by atoms with Gasteiger partial charge in [0.2, 0.25) is 0 Å². The lowest BCUT2D eigenvalue weighted by Crippen LogP contribution is -2.39. The molecule has 1 unspecified atom stereocenters. The molecule has 0 aliphatic carbocycles. The highest BCUT2D eigenvalue weighted by Gasteiger charge is 2.27. The Kier molecular flexibility index (Phi) is 6.84. The van der Waals surface area contributed by atoms with E-state index in [2.05, 4.69) is 0 Å². The Morgan fingerprint density at radius 3 is 2.49 bits per heavy atom. The highest BCUT2D eigenvalue weighted by Crippen LogP contribution is 2.26. The molecule has 186 valence electrons. The van der Waals surface area contributed by atoms with Crippen LogP contribution in [-0.2, 0) is 4.74 Å². The number of aromatic nitrogens is 2. The Hall–Kier alpha value is -4.29. The highest BCUT2D eigenvalue weighted by molar-refractivity contribution is 5.98. The number of rotatable bonds is 7. The van der Waals surface area contributed by atoms with E-state index in [1.165, 1.54) is 0 Å². The Morgan fingerprint density at radius 1 is 0.946 bits per heavy atom. The first-order valence-electron chi connectivity index (χ1n) is 12.4. The van der Waals surface area contributed by atoms with Crippen molar-refractivity contribution in [3.8, 4) is 5.69 Å². The van der Waals surface area contributed by atoms with Crippen molar-refractivity contribution in [3.63, 3.8) is 0 Å². The number of methoxy groups -OCH3 is 1. The van der Waals surface area contributed by atoms with E-state index in [9.17, 15) is 9.59 Å². The molecule has 37 heavy (non-hydrogen) atoms. The molecule has 0 N–H and O–H groups in total. The molecule has 0 saturated heterocycles. The van der Waals surface area contributed by atoms with Crippen LogP contribution in [0.25, 0.3) is 27.4 Å². The summed E-state index contributed by atoms with van der Waals surface area (Å²) in [4.78, 5) is 34.4. The van der Waals surface area contributed by atoms with Gasteiger partial charge >= 0.3 is 0 Å². The molecule has 1 amide bonds. The van der Waals surface area contributed by atoms with Crippen LogP contribution in [0.1, 0.15) is 34.7 Å². The summed E-state index contributed by atoms with van der Waals surface area (Å²) in [6, 6.07) is 28.2. The summed E-state index contributed by atoms with van der Waals surface area (Å²) in [5.74, 6) is 0.355. The van der Waals surface area contributed by atoms with Crippen LogP contribution in [0.2, 0.25) is 0 Å². The third-order valence-corrected chi connectivity index (χ3v) is 6.70. The maximum absolute atomic E-state index is 13.9. The van der Waals surface area contributed by atoms with Crippen LogP contribution in [0.15, 0.2) is 95.8 Å². The third-order valence-electron chi connectivity index (χ3n) is 6.70. The van der Waals surface area contributed by atoms with Gasteiger partial charge in [0.15, 0.2) is 0 Å². The molecule has 1 aromatic heterocycles. The lowest BCUT2D eigenvalue weighted by molar-refractivity contribution is 0.0605. The fourth-order valence-corrected chi connectivity index (χ4v) is 4.73. The number of carbonyl (C=O) groups is 1. The largest absolute Gasteiger partial charge is 0.383 e. The van der Waals surface area contributed by atoms with E-state index in [-0.39, 0.29) is 11.5 Å². The molecule has 4 aromatic carbocycles. The Bertz CT molecular complexity index is 1660. The molecule has 6 nitrogen and oxygen atoms in total. The number of aryl methyl sites for hydroxylation is 1. The number of nitrogens with zero attached hydrogens (tertiary/aromatic N) is 3. The molecule has 1 heterocycles. The molecule has 5 aromatic rings. The molecule has 0 radical (unpaired) electrons. The SMILES string of the molecule is COCCN(C(=O)c1ccc2ccccc2c1)C(C)c1nc2ccccc2c(=O)n1-c1cccc(C)c1. The van der Waals surface area contributed by atoms with Crippen molar-refractivity contribution < 1.29 is 9.53 Å². The maximum Gasteiger partial charge on any atom is 0.266 e. The predicted molar refractivity (Wildman–Crippen MR) is 147 cm³/mol. The molecule has 5 rings (SSSR count). The van der Waals surface area contributed by atoms with Crippen molar-refractivity contribution >= 4 is 27.6 Å². The number of para-hydroxylation sites is 1. The molecule has 0 fully saturated rings. The predicted octanol–water partition coefficient (Wildman–Crippen LogP) is 5.70. The van der Waals surface area contributed by atoms with Crippen LogP contribution in [0.5, 0.6) is 0 Å². The van der Waals surface area contributed by atoms with Gasteiger partial charge in [-0.15, -0.1) is 0 Å². The second-order valence-electron chi connectivity index (χ2n) is 9.20.